The molecule has 0 unspecified atom stereocenters. The van der Waals surface area contributed by atoms with Gasteiger partial charge in [0, 0.05) is 17.3 Å². The van der Waals surface area contributed by atoms with Gasteiger partial charge in [0.15, 0.2) is 0 Å². The molecule has 1 aromatic heterocycles. The Morgan fingerprint density at radius 3 is 2.44 bits per heavy atom. The van der Waals surface area contributed by atoms with E-state index in [0.717, 1.165) is 24.3 Å². The zero-order chi connectivity index (χ0) is 17.6. The summed E-state index contributed by atoms with van der Waals surface area (Å²) >= 11 is 0. The fourth-order valence-electron chi connectivity index (χ4n) is 4.02. The average Bonchev–Trinajstić information content (AvgIpc) is 2.63. The molecule has 1 nitrogen and oxygen atoms in total. The second-order valence-corrected chi connectivity index (χ2v) is 7.32. The number of pyridine rings is 1. The number of rotatable bonds is 6. The summed E-state index contributed by atoms with van der Waals surface area (Å²) in [4.78, 5) is 3.61. The zero-order valence-electron chi connectivity index (χ0n) is 15.0. The van der Waals surface area contributed by atoms with Crippen molar-refractivity contribution < 1.29 is 8.78 Å². The zero-order valence-corrected chi connectivity index (χ0v) is 15.0. The summed E-state index contributed by atoms with van der Waals surface area (Å²) in [6.07, 6.45) is 11.6. The molecule has 1 fully saturated rings. The predicted molar refractivity (Wildman–Crippen MR) is 98.4 cm³/mol. The summed E-state index contributed by atoms with van der Waals surface area (Å²) in [7, 11) is 0. The highest BCUT2D eigenvalue weighted by atomic mass is 19.1. The lowest BCUT2D eigenvalue weighted by Gasteiger charge is -2.29. The fraction of sp³-hybridized carbons (Fsp3) is 0.500. The molecule has 134 valence electrons. The third-order valence-electron chi connectivity index (χ3n) is 5.57. The molecule has 1 saturated carbocycles. The van der Waals surface area contributed by atoms with Crippen LogP contribution < -0.4 is 0 Å². The highest BCUT2D eigenvalue weighted by Crippen LogP contribution is 2.38. The second kappa shape index (κ2) is 8.55. The van der Waals surface area contributed by atoms with Crippen LogP contribution in [-0.4, -0.2) is 4.98 Å². The second-order valence-electron chi connectivity index (χ2n) is 7.32. The molecule has 0 saturated heterocycles. The molecule has 1 aliphatic carbocycles. The molecule has 1 aromatic carbocycles. The van der Waals surface area contributed by atoms with E-state index < -0.39 is 5.95 Å². The molecule has 3 rings (SSSR count). The molecule has 25 heavy (non-hydrogen) atoms. The molecule has 1 heterocycles. The molecular weight excluding hydrogens is 316 g/mol. The van der Waals surface area contributed by atoms with Gasteiger partial charge in [-0.05, 0) is 61.3 Å². The Kier molecular flexibility index (Phi) is 6.17. The lowest BCUT2D eigenvalue weighted by Crippen LogP contribution is -2.13. The molecule has 0 spiro atoms. The van der Waals surface area contributed by atoms with Gasteiger partial charge in [-0.2, -0.15) is 4.39 Å². The van der Waals surface area contributed by atoms with Crippen LogP contribution >= 0.6 is 0 Å². The van der Waals surface area contributed by atoms with Gasteiger partial charge in [-0.25, -0.2) is 9.37 Å². The highest BCUT2D eigenvalue weighted by molar-refractivity contribution is 5.63. The molecule has 0 atom stereocenters. The minimum atomic E-state index is -0.545. The highest BCUT2D eigenvalue weighted by Gasteiger charge is 2.22. The Balaban J connectivity index is 1.63. The lowest BCUT2D eigenvalue weighted by atomic mass is 9.77. The fourth-order valence-corrected chi connectivity index (χ4v) is 4.02. The first-order valence-corrected chi connectivity index (χ1v) is 9.58. The maximum Gasteiger partial charge on any atom is 0.212 e. The summed E-state index contributed by atoms with van der Waals surface area (Å²) in [6.45, 7) is 2.25. The van der Waals surface area contributed by atoms with E-state index in [1.807, 2.05) is 12.1 Å². The predicted octanol–water partition coefficient (Wildman–Crippen LogP) is 6.88. The molecule has 0 amide bonds. The summed E-state index contributed by atoms with van der Waals surface area (Å²) in [5, 5.41) is 0. The number of hydrogen-bond acceptors (Lipinski definition) is 1. The Morgan fingerprint density at radius 1 is 1.00 bits per heavy atom. The van der Waals surface area contributed by atoms with E-state index in [2.05, 4.69) is 11.9 Å². The molecule has 0 aliphatic heterocycles. The molecule has 0 N–H and O–H groups in total. The van der Waals surface area contributed by atoms with Gasteiger partial charge in [0.25, 0.3) is 0 Å². The Morgan fingerprint density at radius 2 is 1.80 bits per heavy atom. The average molecular weight is 343 g/mol. The molecule has 0 bridgehead atoms. The third kappa shape index (κ3) is 4.65. The number of benzene rings is 1. The maximum atomic E-state index is 14.6. The van der Waals surface area contributed by atoms with Gasteiger partial charge in [0.1, 0.15) is 5.82 Å². The van der Waals surface area contributed by atoms with Crippen molar-refractivity contribution in [3.8, 4) is 11.1 Å². The largest absolute Gasteiger partial charge is 0.228 e. The number of aromatic nitrogens is 1. The van der Waals surface area contributed by atoms with Crippen LogP contribution in [0.15, 0.2) is 36.5 Å². The topological polar surface area (TPSA) is 12.9 Å². The molecule has 3 heteroatoms. The van der Waals surface area contributed by atoms with Crippen LogP contribution in [-0.2, 0) is 0 Å². The number of unbranched alkanes of at least 4 members (excludes halogenated alkanes) is 2. The third-order valence-corrected chi connectivity index (χ3v) is 5.57. The normalized spacial score (nSPS) is 20.6. The Labute approximate surface area is 149 Å². The van der Waals surface area contributed by atoms with Crippen LogP contribution in [0.25, 0.3) is 11.1 Å². The number of hydrogen-bond donors (Lipinski definition) is 0. The molecule has 1 aliphatic rings. The van der Waals surface area contributed by atoms with Gasteiger partial charge in [0.05, 0.1) is 0 Å². The van der Waals surface area contributed by atoms with E-state index in [1.165, 1.54) is 50.8 Å². The van der Waals surface area contributed by atoms with Crippen molar-refractivity contribution in [2.45, 2.75) is 64.2 Å². The van der Waals surface area contributed by atoms with Gasteiger partial charge in [-0.15, -0.1) is 0 Å². The van der Waals surface area contributed by atoms with Gasteiger partial charge in [0.2, 0.25) is 5.95 Å². The van der Waals surface area contributed by atoms with E-state index in [1.54, 1.807) is 12.1 Å². The SMILES string of the molecule is CCCCC[C@H]1CC[C@H](c2ccc(-c3ccc(F)nc3)c(F)c2)CC1. The van der Waals surface area contributed by atoms with Gasteiger partial charge in [-0.1, -0.05) is 44.7 Å². The van der Waals surface area contributed by atoms with Crippen molar-refractivity contribution in [1.29, 1.82) is 0 Å². The molecular formula is C22H27F2N. The van der Waals surface area contributed by atoms with Crippen molar-refractivity contribution in [3.63, 3.8) is 0 Å². The van der Waals surface area contributed by atoms with Crippen molar-refractivity contribution >= 4 is 0 Å². The first kappa shape index (κ1) is 18.0. The van der Waals surface area contributed by atoms with Gasteiger partial charge >= 0.3 is 0 Å². The first-order valence-electron chi connectivity index (χ1n) is 9.58. The summed E-state index contributed by atoms with van der Waals surface area (Å²) in [5.41, 5.74) is 2.21. The number of nitrogens with zero attached hydrogens (tertiary/aromatic N) is 1. The molecule has 2 aromatic rings. The first-order chi connectivity index (χ1) is 12.2. The minimum absolute atomic E-state index is 0.240. The lowest BCUT2D eigenvalue weighted by molar-refractivity contribution is 0.302. The van der Waals surface area contributed by atoms with Crippen LogP contribution in [0, 0.1) is 17.7 Å². The van der Waals surface area contributed by atoms with Crippen molar-refractivity contribution in [2.24, 2.45) is 5.92 Å². The van der Waals surface area contributed by atoms with E-state index in [-0.39, 0.29) is 5.82 Å². The Hall–Kier alpha value is -1.77. The van der Waals surface area contributed by atoms with Crippen LogP contribution in [0.3, 0.4) is 0 Å². The van der Waals surface area contributed by atoms with E-state index in [9.17, 15) is 8.78 Å². The smallest absolute Gasteiger partial charge is 0.212 e. The Bertz CT molecular complexity index is 673. The molecule has 0 radical (unpaired) electrons. The summed E-state index contributed by atoms with van der Waals surface area (Å²) < 4.78 is 27.5. The van der Waals surface area contributed by atoms with Crippen LogP contribution in [0.4, 0.5) is 8.78 Å². The van der Waals surface area contributed by atoms with Gasteiger partial charge in [-0.3, -0.25) is 0 Å². The van der Waals surface area contributed by atoms with E-state index in [0.29, 0.717) is 17.0 Å². The van der Waals surface area contributed by atoms with Crippen molar-refractivity contribution in [1.82, 2.24) is 4.98 Å². The number of halogens is 2. The summed E-state index contributed by atoms with van der Waals surface area (Å²) in [5.74, 6) is 0.543. The van der Waals surface area contributed by atoms with Gasteiger partial charge < -0.3 is 0 Å². The van der Waals surface area contributed by atoms with Crippen LogP contribution in [0.5, 0.6) is 0 Å². The van der Waals surface area contributed by atoms with Crippen molar-refractivity contribution in [2.75, 3.05) is 0 Å². The quantitative estimate of drug-likeness (QED) is 0.411. The van der Waals surface area contributed by atoms with E-state index >= 15 is 0 Å². The summed E-state index contributed by atoms with van der Waals surface area (Å²) in [6, 6.07) is 8.35. The maximum absolute atomic E-state index is 14.6. The van der Waals surface area contributed by atoms with Crippen LogP contribution in [0.2, 0.25) is 0 Å². The van der Waals surface area contributed by atoms with Crippen molar-refractivity contribution in [3.05, 3.63) is 53.9 Å². The van der Waals surface area contributed by atoms with E-state index in [4.69, 9.17) is 0 Å². The minimum Gasteiger partial charge on any atom is -0.228 e. The van der Waals surface area contributed by atoms with Crippen LogP contribution in [0.1, 0.15) is 69.8 Å². The monoisotopic (exact) mass is 343 g/mol. The standard InChI is InChI=1S/C22H27F2N/c1-2-3-4-5-16-6-8-17(9-7-16)18-10-12-20(21(23)14-18)19-11-13-22(24)25-15-19/h10-17H,2-9H2,1H3/t16-,17-.